The van der Waals surface area contributed by atoms with Crippen LogP contribution in [-0.4, -0.2) is 31.4 Å². The van der Waals surface area contributed by atoms with Crippen molar-refractivity contribution in [2.75, 3.05) is 10.6 Å². The highest BCUT2D eigenvalue weighted by molar-refractivity contribution is 7.92. The summed E-state index contributed by atoms with van der Waals surface area (Å²) in [5.74, 6) is -0.498. The lowest BCUT2D eigenvalue weighted by atomic mass is 10.1. The summed E-state index contributed by atoms with van der Waals surface area (Å²) in [5, 5.41) is 3.99. The molecule has 0 radical (unpaired) electrons. The quantitative estimate of drug-likeness (QED) is 0.214. The number of para-hydroxylation sites is 2. The molecule has 11 heteroatoms. The number of hydrazone groups is 1. The van der Waals surface area contributed by atoms with E-state index in [0.717, 1.165) is 12.3 Å². The number of nitrogens with one attached hydrogen (secondary N) is 1. The van der Waals surface area contributed by atoms with Gasteiger partial charge in [0.2, 0.25) is 10.0 Å². The molecule has 0 saturated carbocycles. The molecule has 0 unspecified atom stereocenters. The Labute approximate surface area is 230 Å². The number of amides is 1. The van der Waals surface area contributed by atoms with Gasteiger partial charge in [-0.3, -0.25) is 9.10 Å². The van der Waals surface area contributed by atoms with Gasteiger partial charge >= 0.3 is 6.18 Å². The monoisotopic (exact) mass is 568 g/mol. The van der Waals surface area contributed by atoms with E-state index in [-0.39, 0.29) is 12.2 Å². The molecule has 0 aliphatic rings. The summed E-state index contributed by atoms with van der Waals surface area (Å²) in [4.78, 5) is 12.6. The third-order valence-electron chi connectivity index (χ3n) is 6.28. The van der Waals surface area contributed by atoms with Crippen molar-refractivity contribution in [2.24, 2.45) is 5.10 Å². The number of sulfonamides is 1. The molecule has 1 aromatic heterocycles. The van der Waals surface area contributed by atoms with Crippen LogP contribution in [0, 0.1) is 13.8 Å². The number of carbonyl (C=O) groups excluding carboxylic acids is 1. The highest BCUT2D eigenvalue weighted by atomic mass is 32.2. The number of alkyl halides is 3. The average molecular weight is 569 g/mol. The van der Waals surface area contributed by atoms with Crippen molar-refractivity contribution in [3.8, 4) is 5.69 Å². The van der Waals surface area contributed by atoms with Crippen molar-refractivity contribution in [1.29, 1.82) is 0 Å². The molecule has 0 aliphatic heterocycles. The molecule has 7 nitrogen and oxygen atoms in total. The van der Waals surface area contributed by atoms with Crippen LogP contribution in [0.5, 0.6) is 0 Å². The van der Waals surface area contributed by atoms with E-state index < -0.39 is 27.7 Å². The van der Waals surface area contributed by atoms with Crippen molar-refractivity contribution in [3.63, 3.8) is 0 Å². The van der Waals surface area contributed by atoms with E-state index in [1.54, 1.807) is 80.6 Å². The van der Waals surface area contributed by atoms with Crippen LogP contribution in [0.2, 0.25) is 0 Å². The minimum Gasteiger partial charge on any atom is -0.317 e. The molecule has 1 heterocycles. The lowest BCUT2D eigenvalue weighted by molar-refractivity contribution is -0.137. The molecular weight excluding hydrogens is 541 g/mol. The molecule has 40 heavy (non-hydrogen) atoms. The Morgan fingerprint density at radius 2 is 1.60 bits per heavy atom. The first kappa shape index (κ1) is 28.6. The lowest BCUT2D eigenvalue weighted by Gasteiger charge is -2.22. The summed E-state index contributed by atoms with van der Waals surface area (Å²) < 4.78 is 68.1. The maximum absolute atomic E-state index is 13.6. The van der Waals surface area contributed by atoms with Crippen LogP contribution in [0.15, 0.2) is 90.0 Å². The van der Waals surface area contributed by atoms with E-state index in [1.807, 2.05) is 0 Å². The Kier molecular flexibility index (Phi) is 8.15. The fraction of sp³-hybridized carbons (Fsp3) is 0.172. The number of halogens is 3. The minimum atomic E-state index is -4.51. The predicted molar refractivity (Wildman–Crippen MR) is 149 cm³/mol. The van der Waals surface area contributed by atoms with E-state index >= 15 is 0 Å². The van der Waals surface area contributed by atoms with Crippen LogP contribution < -0.4 is 9.73 Å². The number of aryl methyl sites for hydroxylation is 1. The Morgan fingerprint density at radius 3 is 2.23 bits per heavy atom. The average Bonchev–Trinajstić information content (AvgIpc) is 3.19. The van der Waals surface area contributed by atoms with Gasteiger partial charge in [0, 0.05) is 22.5 Å². The minimum absolute atomic E-state index is 0.00970. The third-order valence-corrected chi connectivity index (χ3v) is 7.42. The number of carbonyl (C=O) groups is 1. The van der Waals surface area contributed by atoms with Crippen molar-refractivity contribution in [3.05, 3.63) is 119 Å². The fourth-order valence-electron chi connectivity index (χ4n) is 4.34. The first-order valence-corrected chi connectivity index (χ1v) is 14.0. The first-order valence-electron chi connectivity index (χ1n) is 12.2. The Hall–Kier alpha value is -4.38. The van der Waals surface area contributed by atoms with Crippen LogP contribution in [0.3, 0.4) is 0 Å². The Balaban J connectivity index is 1.47. The smallest absolute Gasteiger partial charge is 0.317 e. The summed E-state index contributed by atoms with van der Waals surface area (Å²) in [6.45, 7) is 3.47. The van der Waals surface area contributed by atoms with Crippen LogP contribution in [0.4, 0.5) is 18.9 Å². The highest BCUT2D eigenvalue weighted by Crippen LogP contribution is 2.35. The van der Waals surface area contributed by atoms with Gasteiger partial charge in [-0.15, -0.1) is 0 Å². The van der Waals surface area contributed by atoms with Gasteiger partial charge in [0.1, 0.15) is 0 Å². The van der Waals surface area contributed by atoms with E-state index in [0.29, 0.717) is 33.8 Å². The molecule has 208 valence electrons. The molecule has 0 saturated heterocycles. The van der Waals surface area contributed by atoms with E-state index in [2.05, 4.69) is 10.5 Å². The number of hydrogen-bond donors (Lipinski definition) is 1. The SMILES string of the molecule is Cc1cc(/C=N\NC(=O)c2ccc(CN(c3ccccc3)S(C)(=O)=O)cc2)c(C)n1-c1ccccc1C(F)(F)F. The van der Waals surface area contributed by atoms with E-state index in [9.17, 15) is 26.4 Å². The molecule has 0 fully saturated rings. The summed E-state index contributed by atoms with van der Waals surface area (Å²) in [5.41, 5.74) is 4.86. The van der Waals surface area contributed by atoms with Crippen LogP contribution in [0.25, 0.3) is 5.69 Å². The second-order valence-corrected chi connectivity index (χ2v) is 11.1. The van der Waals surface area contributed by atoms with Crippen LogP contribution in [-0.2, 0) is 22.7 Å². The predicted octanol–water partition coefficient (Wildman–Crippen LogP) is 5.84. The maximum Gasteiger partial charge on any atom is 0.418 e. The number of hydrogen-bond acceptors (Lipinski definition) is 4. The molecule has 4 rings (SSSR count). The van der Waals surface area contributed by atoms with Crippen molar-refractivity contribution >= 4 is 27.8 Å². The van der Waals surface area contributed by atoms with Gasteiger partial charge in [-0.05, 0) is 61.9 Å². The number of anilines is 1. The van der Waals surface area contributed by atoms with Gasteiger partial charge in [0.15, 0.2) is 0 Å². The van der Waals surface area contributed by atoms with E-state index in [1.165, 1.54) is 27.2 Å². The molecule has 1 N–H and O–H groups in total. The molecule has 0 spiro atoms. The van der Waals surface area contributed by atoms with Gasteiger partial charge in [-0.1, -0.05) is 42.5 Å². The number of nitrogens with zero attached hydrogens (tertiary/aromatic N) is 3. The molecule has 0 bridgehead atoms. The number of aromatic nitrogens is 1. The van der Waals surface area contributed by atoms with E-state index in [4.69, 9.17) is 0 Å². The Morgan fingerprint density at radius 1 is 0.975 bits per heavy atom. The Bertz CT molecular complexity index is 1650. The molecular formula is C29H27F3N4O3S. The molecule has 1 amide bonds. The second kappa shape index (κ2) is 11.4. The van der Waals surface area contributed by atoms with Crippen molar-refractivity contribution in [1.82, 2.24) is 9.99 Å². The van der Waals surface area contributed by atoms with Gasteiger partial charge in [0.05, 0.1) is 36.0 Å². The second-order valence-electron chi connectivity index (χ2n) is 9.18. The summed E-state index contributed by atoms with van der Waals surface area (Å²) in [6.07, 6.45) is -2.00. The molecule has 0 atom stereocenters. The zero-order valence-corrected chi connectivity index (χ0v) is 22.8. The summed E-state index contributed by atoms with van der Waals surface area (Å²) in [6, 6.07) is 22.2. The zero-order valence-electron chi connectivity index (χ0n) is 22.0. The largest absolute Gasteiger partial charge is 0.418 e. The van der Waals surface area contributed by atoms with Gasteiger partial charge in [-0.25, -0.2) is 13.8 Å². The number of rotatable bonds is 8. The van der Waals surface area contributed by atoms with Crippen LogP contribution in [0.1, 0.15) is 38.4 Å². The third kappa shape index (κ3) is 6.42. The van der Waals surface area contributed by atoms with Gasteiger partial charge < -0.3 is 4.57 Å². The molecule has 0 aliphatic carbocycles. The molecule has 3 aromatic carbocycles. The van der Waals surface area contributed by atoms with Gasteiger partial charge in [-0.2, -0.15) is 18.3 Å². The lowest BCUT2D eigenvalue weighted by Crippen LogP contribution is -2.29. The standard InChI is InChI=1S/C29H27F3N4O3S/c1-20-17-24(21(2)36(20)27-12-8-7-11-26(27)29(30,31)32)18-33-34-28(37)23-15-13-22(14-16-23)19-35(40(3,38)39)25-9-5-4-6-10-25/h4-18H,19H2,1-3H3,(H,34,37)/b33-18-. The van der Waals surface area contributed by atoms with Gasteiger partial charge in [0.25, 0.3) is 5.91 Å². The van der Waals surface area contributed by atoms with Crippen LogP contribution >= 0.6 is 0 Å². The van der Waals surface area contributed by atoms with Crippen molar-refractivity contribution < 1.29 is 26.4 Å². The zero-order chi connectivity index (χ0) is 29.1. The number of benzene rings is 3. The highest BCUT2D eigenvalue weighted by Gasteiger charge is 2.34. The fourth-order valence-corrected chi connectivity index (χ4v) is 5.23. The molecule has 4 aromatic rings. The summed E-state index contributed by atoms with van der Waals surface area (Å²) >= 11 is 0. The van der Waals surface area contributed by atoms with Crippen molar-refractivity contribution in [2.45, 2.75) is 26.6 Å². The first-order chi connectivity index (χ1) is 18.9. The maximum atomic E-state index is 13.6. The topological polar surface area (TPSA) is 83.8 Å². The summed E-state index contributed by atoms with van der Waals surface area (Å²) in [7, 11) is -3.54. The normalized spacial score (nSPS) is 12.1.